The molecule has 0 atom stereocenters. The number of benzene rings is 1. The molecular formula is C23H38IN5O2. The third-order valence-corrected chi connectivity index (χ3v) is 4.72. The molecule has 1 heterocycles. The van der Waals surface area contributed by atoms with E-state index < -0.39 is 0 Å². The van der Waals surface area contributed by atoms with Crippen molar-refractivity contribution in [3.8, 4) is 5.75 Å². The summed E-state index contributed by atoms with van der Waals surface area (Å²) < 4.78 is 12.8. The second kappa shape index (κ2) is 14.3. The van der Waals surface area contributed by atoms with Gasteiger partial charge in [-0.1, -0.05) is 26.0 Å². The van der Waals surface area contributed by atoms with E-state index in [-0.39, 0.29) is 24.0 Å². The van der Waals surface area contributed by atoms with Crippen molar-refractivity contribution in [1.29, 1.82) is 0 Å². The van der Waals surface area contributed by atoms with Crippen LogP contribution in [0.4, 0.5) is 0 Å². The van der Waals surface area contributed by atoms with Crippen LogP contribution < -0.4 is 10.1 Å². The summed E-state index contributed by atoms with van der Waals surface area (Å²) in [7, 11) is 5.71. The predicted octanol–water partition coefficient (Wildman–Crippen LogP) is 4.17. The summed E-state index contributed by atoms with van der Waals surface area (Å²) in [4.78, 5) is 6.92. The van der Waals surface area contributed by atoms with Gasteiger partial charge in [-0.15, -0.1) is 24.0 Å². The highest BCUT2D eigenvalue weighted by Crippen LogP contribution is 2.18. The van der Waals surface area contributed by atoms with Crippen LogP contribution in [-0.2, 0) is 24.9 Å². The lowest BCUT2D eigenvalue weighted by atomic mass is 10.1. The number of guanidine groups is 1. The molecule has 1 aromatic carbocycles. The van der Waals surface area contributed by atoms with Crippen molar-refractivity contribution in [2.75, 3.05) is 33.9 Å². The summed E-state index contributed by atoms with van der Waals surface area (Å²) in [6, 6.07) is 7.96. The van der Waals surface area contributed by atoms with Crippen molar-refractivity contribution in [2.24, 2.45) is 12.0 Å². The molecule has 0 saturated heterocycles. The molecule has 2 rings (SSSR count). The molecule has 8 heteroatoms. The summed E-state index contributed by atoms with van der Waals surface area (Å²) in [5.74, 6) is 2.17. The second-order valence-corrected chi connectivity index (χ2v) is 7.71. The molecule has 0 unspecified atom stereocenters. The van der Waals surface area contributed by atoms with Crippen molar-refractivity contribution in [1.82, 2.24) is 20.0 Å². The first kappa shape index (κ1) is 27.2. The zero-order valence-electron chi connectivity index (χ0n) is 19.7. The molecule has 1 aromatic heterocycles. The standard InChI is InChI=1S/C23H37N5O2.HI/c1-7-24-23(27(4)15-20-16-28(5)26-22(20)18(2)3)25-13-8-14-30-17-19-9-11-21(29-6)12-10-19;/h9-12,16,18H,7-8,13-15,17H2,1-6H3,(H,24,25);1H. The third-order valence-electron chi connectivity index (χ3n) is 4.72. The molecule has 31 heavy (non-hydrogen) atoms. The van der Waals surface area contributed by atoms with Crippen molar-refractivity contribution >= 4 is 29.9 Å². The zero-order chi connectivity index (χ0) is 21.9. The molecular weight excluding hydrogens is 505 g/mol. The minimum Gasteiger partial charge on any atom is -0.497 e. The number of aryl methyl sites for hydroxylation is 1. The van der Waals surface area contributed by atoms with Gasteiger partial charge in [0.2, 0.25) is 0 Å². The minimum atomic E-state index is 0. The molecule has 2 aromatic rings. The molecule has 0 aliphatic carbocycles. The van der Waals surface area contributed by atoms with Gasteiger partial charge >= 0.3 is 0 Å². The summed E-state index contributed by atoms with van der Waals surface area (Å²) in [6.45, 7) is 10.1. The average Bonchev–Trinajstić information content (AvgIpc) is 3.10. The van der Waals surface area contributed by atoms with E-state index in [2.05, 4.69) is 49.3 Å². The smallest absolute Gasteiger partial charge is 0.193 e. The lowest BCUT2D eigenvalue weighted by Crippen LogP contribution is -2.38. The highest BCUT2D eigenvalue weighted by atomic mass is 127. The maximum atomic E-state index is 5.78. The van der Waals surface area contributed by atoms with Gasteiger partial charge in [0.1, 0.15) is 5.75 Å². The minimum absolute atomic E-state index is 0. The van der Waals surface area contributed by atoms with E-state index in [0.29, 0.717) is 19.1 Å². The Morgan fingerprint density at radius 3 is 2.58 bits per heavy atom. The number of halogens is 1. The number of aromatic nitrogens is 2. The number of hydrogen-bond acceptors (Lipinski definition) is 4. The molecule has 0 aliphatic rings. The van der Waals surface area contributed by atoms with Gasteiger partial charge in [0.25, 0.3) is 0 Å². The summed E-state index contributed by atoms with van der Waals surface area (Å²) >= 11 is 0. The summed E-state index contributed by atoms with van der Waals surface area (Å²) in [6.07, 6.45) is 2.98. The van der Waals surface area contributed by atoms with E-state index in [4.69, 9.17) is 14.5 Å². The Kier molecular flexibility index (Phi) is 12.5. The average molecular weight is 543 g/mol. The molecule has 1 N–H and O–H groups in total. The molecule has 0 amide bonds. The molecule has 7 nitrogen and oxygen atoms in total. The van der Waals surface area contributed by atoms with Crippen molar-refractivity contribution < 1.29 is 9.47 Å². The van der Waals surface area contributed by atoms with Gasteiger partial charge < -0.3 is 19.7 Å². The van der Waals surface area contributed by atoms with E-state index in [0.717, 1.165) is 49.0 Å². The van der Waals surface area contributed by atoms with E-state index in [1.807, 2.05) is 36.0 Å². The maximum Gasteiger partial charge on any atom is 0.193 e. The van der Waals surface area contributed by atoms with E-state index in [1.54, 1.807) is 7.11 Å². The zero-order valence-corrected chi connectivity index (χ0v) is 22.1. The van der Waals surface area contributed by atoms with Gasteiger partial charge in [0, 0.05) is 52.1 Å². The van der Waals surface area contributed by atoms with Crippen LogP contribution in [0.15, 0.2) is 35.5 Å². The quantitative estimate of drug-likeness (QED) is 0.200. The Morgan fingerprint density at radius 1 is 1.26 bits per heavy atom. The Balaban J connectivity index is 0.00000480. The van der Waals surface area contributed by atoms with E-state index in [1.165, 1.54) is 5.56 Å². The highest BCUT2D eigenvalue weighted by Gasteiger charge is 2.15. The normalized spacial score (nSPS) is 11.4. The fourth-order valence-corrected chi connectivity index (χ4v) is 3.23. The first-order chi connectivity index (χ1) is 14.4. The van der Waals surface area contributed by atoms with Crippen LogP contribution in [0.2, 0.25) is 0 Å². The molecule has 0 bridgehead atoms. The van der Waals surface area contributed by atoms with Crippen molar-refractivity contribution in [3.05, 3.63) is 47.3 Å². The number of methoxy groups -OCH3 is 1. The fourth-order valence-electron chi connectivity index (χ4n) is 3.23. The van der Waals surface area contributed by atoms with Gasteiger partial charge in [-0.3, -0.25) is 9.67 Å². The van der Waals surface area contributed by atoms with Crippen LogP contribution in [0.3, 0.4) is 0 Å². The Labute approximate surface area is 204 Å². The van der Waals surface area contributed by atoms with Crippen LogP contribution in [-0.4, -0.2) is 54.5 Å². The molecule has 0 saturated carbocycles. The van der Waals surface area contributed by atoms with Gasteiger partial charge in [-0.05, 0) is 37.0 Å². The number of nitrogens with zero attached hydrogens (tertiary/aromatic N) is 4. The number of ether oxygens (including phenoxy) is 2. The van der Waals surface area contributed by atoms with E-state index >= 15 is 0 Å². The van der Waals surface area contributed by atoms with Crippen LogP contribution in [0, 0.1) is 0 Å². The third kappa shape index (κ3) is 9.06. The molecule has 0 fully saturated rings. The van der Waals surface area contributed by atoms with Crippen LogP contribution >= 0.6 is 24.0 Å². The lowest BCUT2D eigenvalue weighted by molar-refractivity contribution is 0.120. The second-order valence-electron chi connectivity index (χ2n) is 7.71. The lowest BCUT2D eigenvalue weighted by Gasteiger charge is -2.22. The van der Waals surface area contributed by atoms with Crippen molar-refractivity contribution in [2.45, 2.75) is 46.3 Å². The van der Waals surface area contributed by atoms with Crippen LogP contribution in [0.25, 0.3) is 0 Å². The highest BCUT2D eigenvalue weighted by molar-refractivity contribution is 14.0. The Morgan fingerprint density at radius 2 is 1.97 bits per heavy atom. The predicted molar refractivity (Wildman–Crippen MR) is 137 cm³/mol. The molecule has 0 radical (unpaired) electrons. The number of nitrogens with one attached hydrogen (secondary N) is 1. The monoisotopic (exact) mass is 543 g/mol. The Hall–Kier alpha value is -1.81. The maximum absolute atomic E-state index is 5.78. The van der Waals surface area contributed by atoms with Gasteiger partial charge in [-0.25, -0.2) is 0 Å². The number of rotatable bonds is 11. The van der Waals surface area contributed by atoms with Crippen LogP contribution in [0.1, 0.15) is 49.9 Å². The summed E-state index contributed by atoms with van der Waals surface area (Å²) in [5, 5.41) is 7.99. The molecule has 174 valence electrons. The van der Waals surface area contributed by atoms with Gasteiger partial charge in [0.15, 0.2) is 5.96 Å². The number of aliphatic imine (C=N–C) groups is 1. The topological polar surface area (TPSA) is 63.9 Å². The largest absolute Gasteiger partial charge is 0.497 e. The fraction of sp³-hybridized carbons (Fsp3) is 0.565. The van der Waals surface area contributed by atoms with Crippen molar-refractivity contribution in [3.63, 3.8) is 0 Å². The SMILES string of the molecule is CCNC(=NCCCOCc1ccc(OC)cc1)N(C)Cc1cn(C)nc1C(C)C.I. The van der Waals surface area contributed by atoms with Gasteiger partial charge in [-0.2, -0.15) is 5.10 Å². The first-order valence-corrected chi connectivity index (χ1v) is 10.7. The Bertz CT molecular complexity index is 790. The molecule has 0 aliphatic heterocycles. The van der Waals surface area contributed by atoms with Crippen LogP contribution in [0.5, 0.6) is 5.75 Å². The summed E-state index contributed by atoms with van der Waals surface area (Å²) in [5.41, 5.74) is 3.53. The number of hydrogen-bond donors (Lipinski definition) is 1. The van der Waals surface area contributed by atoms with Gasteiger partial charge in [0.05, 0.1) is 19.4 Å². The first-order valence-electron chi connectivity index (χ1n) is 10.7. The molecule has 0 spiro atoms. The van der Waals surface area contributed by atoms with E-state index in [9.17, 15) is 0 Å².